The molecule has 9 heteroatoms. The van der Waals surface area contributed by atoms with E-state index in [2.05, 4.69) is 30.0 Å². The van der Waals surface area contributed by atoms with E-state index in [4.69, 9.17) is 10.3 Å². The average molecular weight is 352 g/mol. The van der Waals surface area contributed by atoms with Gasteiger partial charge in [-0.3, -0.25) is 0 Å². The van der Waals surface area contributed by atoms with Crippen molar-refractivity contribution in [2.24, 2.45) is 0 Å². The van der Waals surface area contributed by atoms with Crippen molar-refractivity contribution >= 4 is 23.6 Å². The highest BCUT2D eigenvalue weighted by Gasteiger charge is 2.20. The predicted octanol–water partition coefficient (Wildman–Crippen LogP) is 2.26. The van der Waals surface area contributed by atoms with Gasteiger partial charge in [-0.2, -0.15) is 19.9 Å². The van der Waals surface area contributed by atoms with Crippen molar-refractivity contribution in [1.82, 2.24) is 25.1 Å². The zero-order chi connectivity index (χ0) is 17.9. The smallest absolute Gasteiger partial charge is 0.324 e. The summed E-state index contributed by atoms with van der Waals surface area (Å²) in [5, 5.41) is 4.02. The summed E-state index contributed by atoms with van der Waals surface area (Å²) >= 11 is 0. The molecule has 1 aromatic carbocycles. The van der Waals surface area contributed by atoms with Crippen molar-refractivity contribution in [2.75, 3.05) is 35.7 Å². The number of hydrogen-bond acceptors (Lipinski definition) is 9. The Hall–Kier alpha value is -3.23. The first-order valence-electron chi connectivity index (χ1n) is 8.60. The lowest BCUT2D eigenvalue weighted by molar-refractivity contribution is 0.402. The molecule has 0 aliphatic carbocycles. The summed E-state index contributed by atoms with van der Waals surface area (Å²) in [4.78, 5) is 21.2. The van der Waals surface area contributed by atoms with E-state index < -0.39 is 0 Å². The number of para-hydroxylation sites is 1. The highest BCUT2D eigenvalue weighted by Crippen LogP contribution is 2.24. The van der Waals surface area contributed by atoms with Crippen LogP contribution >= 0.6 is 0 Å². The molecule has 0 unspecified atom stereocenters. The minimum atomic E-state index is 0.108. The summed E-state index contributed by atoms with van der Waals surface area (Å²) in [6.07, 6.45) is 3.49. The molecular weight excluding hydrogens is 332 g/mol. The van der Waals surface area contributed by atoms with E-state index in [0.29, 0.717) is 23.6 Å². The van der Waals surface area contributed by atoms with Crippen LogP contribution in [0, 0.1) is 0 Å². The van der Waals surface area contributed by atoms with Crippen LogP contribution in [0.15, 0.2) is 34.9 Å². The molecule has 1 aliphatic rings. The van der Waals surface area contributed by atoms with Gasteiger partial charge in [-0.15, -0.1) is 0 Å². The molecule has 2 N–H and O–H groups in total. The monoisotopic (exact) mass is 352 g/mol. The standard InChI is InChI=1S/C17H20N8O/c1-24(12-8-4-2-5-9-12)16-20-13(19-15(18)22-16)14-21-17(26-23-14)25-10-6-3-7-11-25/h2,4-5,8-9H,3,6-7,10-11H2,1H3,(H2,18,19,20,22). The van der Waals surface area contributed by atoms with Gasteiger partial charge in [0.25, 0.3) is 0 Å². The van der Waals surface area contributed by atoms with E-state index in [-0.39, 0.29) is 5.95 Å². The lowest BCUT2D eigenvalue weighted by Crippen LogP contribution is -2.29. The van der Waals surface area contributed by atoms with Crippen molar-refractivity contribution in [1.29, 1.82) is 0 Å². The molecule has 0 atom stereocenters. The molecule has 0 saturated carbocycles. The van der Waals surface area contributed by atoms with E-state index >= 15 is 0 Å². The molecular formula is C17H20N8O. The van der Waals surface area contributed by atoms with E-state index in [1.807, 2.05) is 42.3 Å². The second-order valence-corrected chi connectivity index (χ2v) is 6.16. The Morgan fingerprint density at radius 3 is 2.50 bits per heavy atom. The molecule has 9 nitrogen and oxygen atoms in total. The largest absolute Gasteiger partial charge is 0.368 e. The maximum Gasteiger partial charge on any atom is 0.324 e. The van der Waals surface area contributed by atoms with Crippen LogP contribution in [0.1, 0.15) is 19.3 Å². The summed E-state index contributed by atoms with van der Waals surface area (Å²) in [6.45, 7) is 1.84. The third kappa shape index (κ3) is 3.28. The van der Waals surface area contributed by atoms with Crippen molar-refractivity contribution in [3.05, 3.63) is 30.3 Å². The van der Waals surface area contributed by atoms with Gasteiger partial charge in [0, 0.05) is 25.8 Å². The Morgan fingerprint density at radius 1 is 0.962 bits per heavy atom. The molecule has 2 aromatic heterocycles. The lowest BCUT2D eigenvalue weighted by atomic mass is 10.1. The number of hydrogen-bond donors (Lipinski definition) is 1. The van der Waals surface area contributed by atoms with Crippen molar-refractivity contribution in [2.45, 2.75) is 19.3 Å². The fraction of sp³-hybridized carbons (Fsp3) is 0.353. The Bertz CT molecular complexity index is 875. The maximum atomic E-state index is 5.88. The Labute approximate surface area is 150 Å². The molecule has 0 spiro atoms. The maximum absolute atomic E-state index is 5.88. The Balaban J connectivity index is 1.63. The number of nitrogens with zero attached hydrogens (tertiary/aromatic N) is 7. The fourth-order valence-electron chi connectivity index (χ4n) is 2.92. The summed E-state index contributed by atoms with van der Waals surface area (Å²) in [5.74, 6) is 1.13. The molecule has 3 aromatic rings. The topological polar surface area (TPSA) is 110 Å². The number of aromatic nitrogens is 5. The summed E-state index contributed by atoms with van der Waals surface area (Å²) in [6, 6.07) is 10.3. The molecule has 1 aliphatic heterocycles. The van der Waals surface area contributed by atoms with E-state index in [0.717, 1.165) is 31.6 Å². The molecule has 0 bridgehead atoms. The molecule has 0 amide bonds. The van der Waals surface area contributed by atoms with Gasteiger partial charge in [0.05, 0.1) is 0 Å². The molecule has 4 rings (SSSR count). The van der Waals surface area contributed by atoms with Crippen molar-refractivity contribution < 1.29 is 4.52 Å². The van der Waals surface area contributed by atoms with Crippen LogP contribution in [0.3, 0.4) is 0 Å². The first kappa shape index (κ1) is 16.2. The quantitative estimate of drug-likeness (QED) is 0.755. The molecule has 26 heavy (non-hydrogen) atoms. The second kappa shape index (κ2) is 6.95. The molecule has 0 radical (unpaired) electrons. The minimum absolute atomic E-state index is 0.108. The summed E-state index contributed by atoms with van der Waals surface area (Å²) < 4.78 is 5.39. The zero-order valence-electron chi connectivity index (χ0n) is 14.5. The minimum Gasteiger partial charge on any atom is -0.368 e. The van der Waals surface area contributed by atoms with E-state index in [9.17, 15) is 0 Å². The molecule has 134 valence electrons. The Kier molecular flexibility index (Phi) is 4.34. The lowest BCUT2D eigenvalue weighted by Gasteiger charge is -2.23. The third-order valence-electron chi connectivity index (χ3n) is 4.33. The first-order chi connectivity index (χ1) is 12.7. The zero-order valence-corrected chi connectivity index (χ0v) is 14.5. The van der Waals surface area contributed by atoms with Gasteiger partial charge in [0.1, 0.15) is 0 Å². The van der Waals surface area contributed by atoms with Crippen molar-refractivity contribution in [3.8, 4) is 11.6 Å². The number of piperidine rings is 1. The van der Waals surface area contributed by atoms with Gasteiger partial charge in [-0.25, -0.2) is 0 Å². The number of anilines is 4. The SMILES string of the molecule is CN(c1ccccc1)c1nc(N)nc(-c2noc(N3CCCCC3)n2)n1. The normalized spacial score (nSPS) is 14.4. The van der Waals surface area contributed by atoms with E-state index in [1.165, 1.54) is 6.42 Å². The van der Waals surface area contributed by atoms with Crippen LogP contribution in [0.2, 0.25) is 0 Å². The van der Waals surface area contributed by atoms with Gasteiger partial charge < -0.3 is 20.1 Å². The van der Waals surface area contributed by atoms with Gasteiger partial charge in [-0.05, 0) is 31.4 Å². The number of rotatable bonds is 4. The average Bonchev–Trinajstić information content (AvgIpc) is 3.19. The number of nitrogen functional groups attached to an aromatic ring is 1. The van der Waals surface area contributed by atoms with Gasteiger partial charge >= 0.3 is 6.01 Å². The van der Waals surface area contributed by atoms with Crippen LogP contribution in [0.4, 0.5) is 23.6 Å². The summed E-state index contributed by atoms with van der Waals surface area (Å²) in [5.41, 5.74) is 6.81. The third-order valence-corrected chi connectivity index (χ3v) is 4.33. The first-order valence-corrected chi connectivity index (χ1v) is 8.60. The van der Waals surface area contributed by atoms with Gasteiger partial charge in [-0.1, -0.05) is 23.4 Å². The van der Waals surface area contributed by atoms with Crippen LogP contribution in [0.25, 0.3) is 11.6 Å². The second-order valence-electron chi connectivity index (χ2n) is 6.16. The van der Waals surface area contributed by atoms with Crippen LogP contribution in [0.5, 0.6) is 0 Å². The molecule has 1 saturated heterocycles. The van der Waals surface area contributed by atoms with Gasteiger partial charge in [0.15, 0.2) is 0 Å². The molecule has 1 fully saturated rings. The van der Waals surface area contributed by atoms with Crippen molar-refractivity contribution in [3.63, 3.8) is 0 Å². The highest BCUT2D eigenvalue weighted by molar-refractivity contribution is 5.59. The Morgan fingerprint density at radius 2 is 1.73 bits per heavy atom. The van der Waals surface area contributed by atoms with Crippen LogP contribution in [-0.2, 0) is 0 Å². The fourth-order valence-corrected chi connectivity index (χ4v) is 2.92. The van der Waals surface area contributed by atoms with E-state index in [1.54, 1.807) is 0 Å². The predicted molar refractivity (Wildman–Crippen MR) is 98.1 cm³/mol. The van der Waals surface area contributed by atoms with Crippen LogP contribution in [-0.4, -0.2) is 45.2 Å². The highest BCUT2D eigenvalue weighted by atomic mass is 16.5. The number of benzene rings is 1. The summed E-state index contributed by atoms with van der Waals surface area (Å²) in [7, 11) is 1.86. The number of nitrogens with two attached hydrogens (primary N) is 1. The molecule has 3 heterocycles. The van der Waals surface area contributed by atoms with Crippen LogP contribution < -0.4 is 15.5 Å². The van der Waals surface area contributed by atoms with Gasteiger partial charge in [0.2, 0.25) is 23.5 Å².